The van der Waals surface area contributed by atoms with Crippen molar-refractivity contribution >= 4 is 11.1 Å². The molecule has 1 heterocycles. The number of hydrogen-bond acceptors (Lipinski definition) is 4. The van der Waals surface area contributed by atoms with Gasteiger partial charge in [0.05, 0.1) is 0 Å². The molecule has 0 radical (unpaired) electrons. The Morgan fingerprint density at radius 3 is 2.94 bits per heavy atom. The van der Waals surface area contributed by atoms with Gasteiger partial charge in [0.2, 0.25) is 0 Å². The summed E-state index contributed by atoms with van der Waals surface area (Å²) in [5, 5.41) is 3.25. The second kappa shape index (κ2) is 4.07. The van der Waals surface area contributed by atoms with E-state index in [1.807, 2.05) is 26.1 Å². The lowest BCUT2D eigenvalue weighted by molar-refractivity contribution is 0.392. The first-order valence-electron chi connectivity index (χ1n) is 6.42. The molecule has 1 aliphatic carbocycles. The van der Waals surface area contributed by atoms with Crippen molar-refractivity contribution in [1.82, 2.24) is 10.3 Å². The maximum atomic E-state index is 6.42. The molecule has 18 heavy (non-hydrogen) atoms. The molecule has 96 valence electrons. The SMILES string of the molecule is CNCC1(C(N)c2ccc3nc(C)oc3c2)CC1. The first kappa shape index (κ1) is 11.7. The highest BCUT2D eigenvalue weighted by Gasteiger charge is 2.47. The Morgan fingerprint density at radius 2 is 2.28 bits per heavy atom. The van der Waals surface area contributed by atoms with Crippen molar-refractivity contribution in [3.63, 3.8) is 0 Å². The molecule has 4 nitrogen and oxygen atoms in total. The van der Waals surface area contributed by atoms with E-state index in [0.29, 0.717) is 5.89 Å². The maximum absolute atomic E-state index is 6.42. The zero-order valence-electron chi connectivity index (χ0n) is 10.9. The molecule has 0 spiro atoms. The molecule has 1 aromatic carbocycles. The van der Waals surface area contributed by atoms with Crippen LogP contribution in [0.25, 0.3) is 11.1 Å². The summed E-state index contributed by atoms with van der Waals surface area (Å²) in [6.45, 7) is 2.84. The standard InChI is InChI=1S/C14H19N3O/c1-9-17-11-4-3-10(7-12(11)18-9)13(15)14(5-6-14)8-16-2/h3-4,7,13,16H,5-6,8,15H2,1-2H3. The molecule has 4 heteroatoms. The predicted molar refractivity (Wildman–Crippen MR) is 71.3 cm³/mol. The van der Waals surface area contributed by atoms with E-state index in [-0.39, 0.29) is 11.5 Å². The zero-order valence-corrected chi connectivity index (χ0v) is 10.9. The highest BCUT2D eigenvalue weighted by atomic mass is 16.3. The fourth-order valence-electron chi connectivity index (χ4n) is 2.71. The molecule has 0 amide bonds. The third kappa shape index (κ3) is 1.82. The summed E-state index contributed by atoms with van der Waals surface area (Å²) < 4.78 is 5.57. The minimum absolute atomic E-state index is 0.0692. The second-order valence-electron chi connectivity index (χ2n) is 5.33. The zero-order chi connectivity index (χ0) is 12.8. The summed E-state index contributed by atoms with van der Waals surface area (Å²) in [6, 6.07) is 6.18. The molecule has 0 saturated heterocycles. The van der Waals surface area contributed by atoms with Crippen LogP contribution in [0.1, 0.15) is 30.3 Å². The molecule has 1 aromatic heterocycles. The molecular weight excluding hydrogens is 226 g/mol. The first-order chi connectivity index (χ1) is 8.64. The largest absolute Gasteiger partial charge is 0.441 e. The Labute approximate surface area is 107 Å². The van der Waals surface area contributed by atoms with Gasteiger partial charge in [-0.3, -0.25) is 0 Å². The van der Waals surface area contributed by atoms with E-state index >= 15 is 0 Å². The molecule has 1 unspecified atom stereocenters. The molecule has 3 rings (SSSR count). The summed E-state index contributed by atoms with van der Waals surface area (Å²) in [6.07, 6.45) is 2.39. The van der Waals surface area contributed by atoms with Crippen LogP contribution in [0.5, 0.6) is 0 Å². The van der Waals surface area contributed by atoms with Crippen molar-refractivity contribution in [2.24, 2.45) is 11.1 Å². The van der Waals surface area contributed by atoms with Crippen LogP contribution >= 0.6 is 0 Å². The molecule has 1 saturated carbocycles. The number of nitrogens with two attached hydrogens (primary N) is 1. The fourth-order valence-corrected chi connectivity index (χ4v) is 2.71. The van der Waals surface area contributed by atoms with Crippen molar-refractivity contribution in [2.45, 2.75) is 25.8 Å². The van der Waals surface area contributed by atoms with Crippen molar-refractivity contribution in [3.05, 3.63) is 29.7 Å². The first-order valence-corrected chi connectivity index (χ1v) is 6.42. The minimum atomic E-state index is 0.0692. The van der Waals surface area contributed by atoms with E-state index in [9.17, 15) is 0 Å². The highest BCUT2D eigenvalue weighted by molar-refractivity contribution is 5.73. The summed E-state index contributed by atoms with van der Waals surface area (Å²) in [7, 11) is 1.98. The van der Waals surface area contributed by atoms with Gasteiger partial charge in [-0.1, -0.05) is 6.07 Å². The topological polar surface area (TPSA) is 64.1 Å². The van der Waals surface area contributed by atoms with Crippen LogP contribution in [-0.4, -0.2) is 18.6 Å². The van der Waals surface area contributed by atoms with E-state index in [2.05, 4.69) is 16.4 Å². The smallest absolute Gasteiger partial charge is 0.192 e. The van der Waals surface area contributed by atoms with Crippen molar-refractivity contribution in [3.8, 4) is 0 Å². The Morgan fingerprint density at radius 1 is 1.50 bits per heavy atom. The van der Waals surface area contributed by atoms with Crippen LogP contribution in [-0.2, 0) is 0 Å². The quantitative estimate of drug-likeness (QED) is 0.866. The van der Waals surface area contributed by atoms with Gasteiger partial charge in [-0.05, 0) is 37.6 Å². The van der Waals surface area contributed by atoms with E-state index in [1.165, 1.54) is 12.8 Å². The number of aryl methyl sites for hydroxylation is 1. The van der Waals surface area contributed by atoms with Gasteiger partial charge in [0, 0.05) is 24.9 Å². The van der Waals surface area contributed by atoms with Crippen LogP contribution in [0.3, 0.4) is 0 Å². The van der Waals surface area contributed by atoms with Gasteiger partial charge in [-0.2, -0.15) is 0 Å². The van der Waals surface area contributed by atoms with Gasteiger partial charge in [0.1, 0.15) is 5.52 Å². The Kier molecular flexibility index (Phi) is 2.64. The molecular formula is C14H19N3O. The van der Waals surface area contributed by atoms with Gasteiger partial charge >= 0.3 is 0 Å². The summed E-state index contributed by atoms with van der Waals surface area (Å²) in [4.78, 5) is 4.31. The summed E-state index contributed by atoms with van der Waals surface area (Å²) in [5.41, 5.74) is 9.53. The molecule has 2 aromatic rings. The Hall–Kier alpha value is -1.39. The molecule has 1 aliphatic rings. The maximum Gasteiger partial charge on any atom is 0.192 e. The summed E-state index contributed by atoms with van der Waals surface area (Å²) in [5.74, 6) is 0.701. The average Bonchev–Trinajstić information content (AvgIpc) is 3.02. The lowest BCUT2D eigenvalue weighted by Gasteiger charge is -2.23. The van der Waals surface area contributed by atoms with Crippen LogP contribution in [0, 0.1) is 12.3 Å². The number of nitrogens with one attached hydrogen (secondary N) is 1. The lowest BCUT2D eigenvalue weighted by atomic mass is 9.90. The fraction of sp³-hybridized carbons (Fsp3) is 0.500. The van der Waals surface area contributed by atoms with Crippen molar-refractivity contribution < 1.29 is 4.42 Å². The minimum Gasteiger partial charge on any atom is -0.441 e. The average molecular weight is 245 g/mol. The number of nitrogens with zero attached hydrogens (tertiary/aromatic N) is 1. The third-order valence-corrected chi connectivity index (χ3v) is 3.96. The van der Waals surface area contributed by atoms with Crippen LogP contribution < -0.4 is 11.1 Å². The van der Waals surface area contributed by atoms with Gasteiger partial charge in [0.15, 0.2) is 11.5 Å². The summed E-state index contributed by atoms with van der Waals surface area (Å²) >= 11 is 0. The van der Waals surface area contributed by atoms with E-state index in [0.717, 1.165) is 23.2 Å². The highest BCUT2D eigenvalue weighted by Crippen LogP contribution is 2.53. The lowest BCUT2D eigenvalue weighted by Crippen LogP contribution is -2.31. The van der Waals surface area contributed by atoms with Crippen LogP contribution in [0.4, 0.5) is 0 Å². The van der Waals surface area contributed by atoms with E-state index < -0.39 is 0 Å². The van der Waals surface area contributed by atoms with Crippen LogP contribution in [0.2, 0.25) is 0 Å². The molecule has 0 bridgehead atoms. The number of aromatic nitrogens is 1. The second-order valence-corrected chi connectivity index (χ2v) is 5.33. The van der Waals surface area contributed by atoms with Crippen molar-refractivity contribution in [2.75, 3.05) is 13.6 Å². The molecule has 3 N–H and O–H groups in total. The van der Waals surface area contributed by atoms with Gasteiger partial charge in [-0.15, -0.1) is 0 Å². The number of hydrogen-bond donors (Lipinski definition) is 2. The van der Waals surface area contributed by atoms with E-state index in [4.69, 9.17) is 10.2 Å². The third-order valence-electron chi connectivity index (χ3n) is 3.96. The number of benzene rings is 1. The number of fused-ring (bicyclic) bond motifs is 1. The molecule has 0 aliphatic heterocycles. The Balaban J connectivity index is 1.94. The van der Waals surface area contributed by atoms with Gasteiger partial charge in [0.25, 0.3) is 0 Å². The molecule has 1 atom stereocenters. The predicted octanol–water partition coefficient (Wildman–Crippen LogP) is 2.14. The Bertz CT molecular complexity index is 571. The van der Waals surface area contributed by atoms with E-state index in [1.54, 1.807) is 0 Å². The number of oxazole rings is 1. The normalized spacial score (nSPS) is 19.1. The van der Waals surface area contributed by atoms with Gasteiger partial charge < -0.3 is 15.5 Å². The van der Waals surface area contributed by atoms with Gasteiger partial charge in [-0.25, -0.2) is 4.98 Å². The molecule has 1 fully saturated rings. The number of rotatable bonds is 4. The monoisotopic (exact) mass is 245 g/mol. The van der Waals surface area contributed by atoms with Crippen molar-refractivity contribution in [1.29, 1.82) is 0 Å². The van der Waals surface area contributed by atoms with Crippen LogP contribution in [0.15, 0.2) is 22.6 Å².